The fourth-order valence-corrected chi connectivity index (χ4v) is 3.95. The van der Waals surface area contributed by atoms with Crippen LogP contribution in [0.4, 0.5) is 0 Å². The normalized spacial score (nSPS) is 15.6. The van der Waals surface area contributed by atoms with Crippen LogP contribution in [0.5, 0.6) is 0 Å². The van der Waals surface area contributed by atoms with Gasteiger partial charge in [0, 0.05) is 13.1 Å². The van der Waals surface area contributed by atoms with E-state index in [0.29, 0.717) is 15.7 Å². The Kier molecular flexibility index (Phi) is 4.91. The SMILES string of the molecule is CC(=O)c1ccc(C(=O)N2CCC(Cc3ccccc3)CC2)s1. The highest BCUT2D eigenvalue weighted by molar-refractivity contribution is 7.15. The van der Waals surface area contributed by atoms with Crippen LogP contribution in [0.3, 0.4) is 0 Å². The lowest BCUT2D eigenvalue weighted by Gasteiger charge is -2.31. The minimum Gasteiger partial charge on any atom is -0.338 e. The van der Waals surface area contributed by atoms with Crippen molar-refractivity contribution in [3.8, 4) is 0 Å². The van der Waals surface area contributed by atoms with Gasteiger partial charge in [-0.3, -0.25) is 9.59 Å². The van der Waals surface area contributed by atoms with Crippen LogP contribution in [-0.4, -0.2) is 29.7 Å². The molecule has 1 aliphatic rings. The van der Waals surface area contributed by atoms with Gasteiger partial charge in [0.2, 0.25) is 0 Å². The monoisotopic (exact) mass is 327 g/mol. The van der Waals surface area contributed by atoms with E-state index in [1.54, 1.807) is 12.1 Å². The molecule has 0 bridgehead atoms. The first-order chi connectivity index (χ1) is 11.1. The van der Waals surface area contributed by atoms with Crippen LogP contribution in [0.2, 0.25) is 0 Å². The topological polar surface area (TPSA) is 37.4 Å². The second-order valence-electron chi connectivity index (χ2n) is 6.15. The molecule has 1 fully saturated rings. The third kappa shape index (κ3) is 3.88. The highest BCUT2D eigenvalue weighted by atomic mass is 32.1. The van der Waals surface area contributed by atoms with E-state index in [1.165, 1.54) is 23.8 Å². The molecule has 1 aliphatic heterocycles. The van der Waals surface area contributed by atoms with E-state index >= 15 is 0 Å². The first kappa shape index (κ1) is 15.9. The summed E-state index contributed by atoms with van der Waals surface area (Å²) < 4.78 is 0. The maximum Gasteiger partial charge on any atom is 0.263 e. The van der Waals surface area contributed by atoms with Crippen LogP contribution in [0.1, 0.15) is 44.7 Å². The first-order valence-electron chi connectivity index (χ1n) is 8.07. The Morgan fingerprint density at radius 3 is 2.30 bits per heavy atom. The molecular weight excluding hydrogens is 306 g/mol. The summed E-state index contributed by atoms with van der Waals surface area (Å²) in [6, 6.07) is 14.1. The summed E-state index contributed by atoms with van der Waals surface area (Å²) in [6.45, 7) is 3.16. The fraction of sp³-hybridized carbons (Fsp3) is 0.368. The van der Waals surface area contributed by atoms with Crippen molar-refractivity contribution in [3.05, 3.63) is 57.8 Å². The summed E-state index contributed by atoms with van der Waals surface area (Å²) in [7, 11) is 0. The van der Waals surface area contributed by atoms with Crippen LogP contribution >= 0.6 is 11.3 Å². The zero-order valence-electron chi connectivity index (χ0n) is 13.3. The van der Waals surface area contributed by atoms with Crippen molar-refractivity contribution in [3.63, 3.8) is 0 Å². The van der Waals surface area contributed by atoms with Crippen molar-refractivity contribution >= 4 is 23.0 Å². The highest BCUT2D eigenvalue weighted by Gasteiger charge is 2.24. The lowest BCUT2D eigenvalue weighted by molar-refractivity contribution is 0.0695. The molecule has 1 aromatic heterocycles. The molecule has 2 aromatic rings. The van der Waals surface area contributed by atoms with Crippen LogP contribution in [-0.2, 0) is 6.42 Å². The Morgan fingerprint density at radius 2 is 1.70 bits per heavy atom. The molecule has 0 spiro atoms. The lowest BCUT2D eigenvalue weighted by Crippen LogP contribution is -2.38. The Hall–Kier alpha value is -1.94. The molecular formula is C19H21NO2S. The molecule has 4 heteroatoms. The van der Waals surface area contributed by atoms with E-state index in [-0.39, 0.29) is 11.7 Å². The minimum atomic E-state index is 0.0237. The minimum absolute atomic E-state index is 0.0237. The molecule has 0 atom stereocenters. The van der Waals surface area contributed by atoms with E-state index in [9.17, 15) is 9.59 Å². The van der Waals surface area contributed by atoms with Crippen molar-refractivity contribution in [1.29, 1.82) is 0 Å². The van der Waals surface area contributed by atoms with Gasteiger partial charge in [-0.2, -0.15) is 0 Å². The zero-order chi connectivity index (χ0) is 16.2. The number of likely N-dealkylation sites (tertiary alicyclic amines) is 1. The fourth-order valence-electron chi connectivity index (χ4n) is 3.09. The van der Waals surface area contributed by atoms with Gasteiger partial charge in [0.25, 0.3) is 5.91 Å². The number of hydrogen-bond donors (Lipinski definition) is 0. The maximum atomic E-state index is 12.5. The van der Waals surface area contributed by atoms with Crippen molar-refractivity contribution in [2.75, 3.05) is 13.1 Å². The smallest absolute Gasteiger partial charge is 0.263 e. The molecule has 1 saturated heterocycles. The largest absolute Gasteiger partial charge is 0.338 e. The molecule has 23 heavy (non-hydrogen) atoms. The molecule has 0 aliphatic carbocycles. The summed E-state index contributed by atoms with van der Waals surface area (Å²) in [6.07, 6.45) is 3.19. The highest BCUT2D eigenvalue weighted by Crippen LogP contribution is 2.25. The number of hydrogen-bond acceptors (Lipinski definition) is 3. The molecule has 3 nitrogen and oxygen atoms in total. The van der Waals surface area contributed by atoms with Gasteiger partial charge in [-0.25, -0.2) is 0 Å². The molecule has 1 amide bonds. The van der Waals surface area contributed by atoms with E-state index in [0.717, 1.165) is 32.4 Å². The second kappa shape index (κ2) is 7.09. The molecule has 0 radical (unpaired) electrons. The Bertz CT molecular complexity index is 684. The second-order valence-corrected chi connectivity index (χ2v) is 7.23. The predicted octanol–water partition coefficient (Wildman–Crippen LogP) is 4.05. The number of ketones is 1. The van der Waals surface area contributed by atoms with E-state index in [4.69, 9.17) is 0 Å². The van der Waals surface area contributed by atoms with Crippen LogP contribution in [0.15, 0.2) is 42.5 Å². The summed E-state index contributed by atoms with van der Waals surface area (Å²) in [5, 5.41) is 0. The number of carbonyl (C=O) groups is 2. The van der Waals surface area contributed by atoms with Crippen molar-refractivity contribution in [2.24, 2.45) is 5.92 Å². The maximum absolute atomic E-state index is 12.5. The molecule has 3 rings (SSSR count). The summed E-state index contributed by atoms with van der Waals surface area (Å²) >= 11 is 1.31. The number of rotatable bonds is 4. The number of piperidine rings is 1. The van der Waals surface area contributed by atoms with E-state index in [1.807, 2.05) is 11.0 Å². The van der Waals surface area contributed by atoms with Gasteiger partial charge in [0.15, 0.2) is 5.78 Å². The standard InChI is InChI=1S/C19H21NO2S/c1-14(21)17-7-8-18(23-17)19(22)20-11-9-16(10-12-20)13-15-5-3-2-4-6-15/h2-8,16H,9-13H2,1H3. The third-order valence-corrected chi connectivity index (χ3v) is 5.61. The van der Waals surface area contributed by atoms with Gasteiger partial charge < -0.3 is 4.90 Å². The number of nitrogens with zero attached hydrogens (tertiary/aromatic N) is 1. The Labute approximate surface area is 140 Å². The lowest BCUT2D eigenvalue weighted by atomic mass is 9.90. The molecule has 1 aromatic carbocycles. The number of thiophene rings is 1. The number of amides is 1. The van der Waals surface area contributed by atoms with Gasteiger partial charge in [0.05, 0.1) is 9.75 Å². The summed E-state index contributed by atoms with van der Waals surface area (Å²) in [5.41, 5.74) is 1.38. The van der Waals surface area contributed by atoms with Gasteiger partial charge in [-0.15, -0.1) is 11.3 Å². The van der Waals surface area contributed by atoms with Gasteiger partial charge in [0.1, 0.15) is 0 Å². The van der Waals surface area contributed by atoms with Crippen molar-refractivity contribution < 1.29 is 9.59 Å². The van der Waals surface area contributed by atoms with Gasteiger partial charge in [-0.1, -0.05) is 30.3 Å². The zero-order valence-corrected chi connectivity index (χ0v) is 14.1. The molecule has 0 unspecified atom stereocenters. The Balaban J connectivity index is 1.55. The molecule has 120 valence electrons. The van der Waals surface area contributed by atoms with E-state index < -0.39 is 0 Å². The van der Waals surface area contributed by atoms with Crippen LogP contribution in [0, 0.1) is 5.92 Å². The molecule has 2 heterocycles. The van der Waals surface area contributed by atoms with E-state index in [2.05, 4.69) is 24.3 Å². The van der Waals surface area contributed by atoms with Crippen molar-refractivity contribution in [1.82, 2.24) is 4.90 Å². The Morgan fingerprint density at radius 1 is 1.04 bits per heavy atom. The number of carbonyl (C=O) groups excluding carboxylic acids is 2. The number of benzene rings is 1. The quantitative estimate of drug-likeness (QED) is 0.795. The average molecular weight is 327 g/mol. The van der Waals surface area contributed by atoms with Gasteiger partial charge >= 0.3 is 0 Å². The summed E-state index contributed by atoms with van der Waals surface area (Å²) in [5.74, 6) is 0.744. The average Bonchev–Trinajstić information content (AvgIpc) is 3.06. The molecule has 0 N–H and O–H groups in total. The van der Waals surface area contributed by atoms with Crippen LogP contribution in [0.25, 0.3) is 0 Å². The number of Topliss-reactive ketones (excluding diaryl/α,β-unsaturated/α-hetero) is 1. The summed E-state index contributed by atoms with van der Waals surface area (Å²) in [4.78, 5) is 27.2. The predicted molar refractivity (Wildman–Crippen MR) is 93.1 cm³/mol. The van der Waals surface area contributed by atoms with Crippen molar-refractivity contribution in [2.45, 2.75) is 26.2 Å². The molecule has 0 saturated carbocycles. The first-order valence-corrected chi connectivity index (χ1v) is 8.89. The third-order valence-electron chi connectivity index (χ3n) is 4.43. The van der Waals surface area contributed by atoms with Gasteiger partial charge in [-0.05, 0) is 49.8 Å². The van der Waals surface area contributed by atoms with Crippen LogP contribution < -0.4 is 0 Å².